The lowest BCUT2D eigenvalue weighted by Crippen LogP contribution is -2.55. The number of amides is 3. The van der Waals surface area contributed by atoms with Crippen LogP contribution in [0.4, 0.5) is 4.79 Å². The van der Waals surface area contributed by atoms with Crippen molar-refractivity contribution in [2.24, 2.45) is 11.7 Å². The fraction of sp³-hybridized carbons (Fsp3) is 0.882. The van der Waals surface area contributed by atoms with Crippen LogP contribution in [0.3, 0.4) is 0 Å². The number of nitrogens with one attached hydrogen (secondary N) is 3. The SMILES string of the molecule is CC(C)C(C)(CN)NC(=O)CCCNC(=O)NC1CCCCC1. The van der Waals surface area contributed by atoms with Crippen molar-refractivity contribution in [2.75, 3.05) is 13.1 Å². The molecule has 6 nitrogen and oxygen atoms in total. The first kappa shape index (κ1) is 19.7. The largest absolute Gasteiger partial charge is 0.349 e. The van der Waals surface area contributed by atoms with E-state index in [0.29, 0.717) is 32.0 Å². The van der Waals surface area contributed by atoms with Crippen LogP contribution in [0.2, 0.25) is 0 Å². The first-order chi connectivity index (χ1) is 10.9. The summed E-state index contributed by atoms with van der Waals surface area (Å²) in [6, 6.07) is 0.189. The van der Waals surface area contributed by atoms with E-state index in [0.717, 1.165) is 12.8 Å². The summed E-state index contributed by atoms with van der Waals surface area (Å²) in [5.74, 6) is 0.261. The Morgan fingerprint density at radius 3 is 2.43 bits per heavy atom. The van der Waals surface area contributed by atoms with Gasteiger partial charge in [-0.25, -0.2) is 4.79 Å². The van der Waals surface area contributed by atoms with E-state index in [9.17, 15) is 9.59 Å². The van der Waals surface area contributed by atoms with Crippen LogP contribution in [0.25, 0.3) is 0 Å². The molecule has 0 aromatic rings. The maximum Gasteiger partial charge on any atom is 0.315 e. The summed E-state index contributed by atoms with van der Waals surface area (Å²) in [5, 5.41) is 8.84. The van der Waals surface area contributed by atoms with E-state index in [1.54, 1.807) is 0 Å². The summed E-state index contributed by atoms with van der Waals surface area (Å²) in [6.45, 7) is 6.98. The van der Waals surface area contributed by atoms with Gasteiger partial charge in [0, 0.05) is 25.6 Å². The molecule has 0 aromatic carbocycles. The Kier molecular flexibility index (Phi) is 8.37. The van der Waals surface area contributed by atoms with Crippen molar-refractivity contribution in [3.63, 3.8) is 0 Å². The Balaban J connectivity index is 2.16. The first-order valence-corrected chi connectivity index (χ1v) is 8.93. The van der Waals surface area contributed by atoms with Crippen molar-refractivity contribution < 1.29 is 9.59 Å². The zero-order chi connectivity index (χ0) is 17.3. The fourth-order valence-corrected chi connectivity index (χ4v) is 2.75. The molecule has 1 atom stereocenters. The number of rotatable bonds is 8. The molecule has 0 aliphatic heterocycles. The lowest BCUT2D eigenvalue weighted by Gasteiger charge is -2.33. The van der Waals surface area contributed by atoms with Gasteiger partial charge in [0.05, 0.1) is 5.54 Å². The van der Waals surface area contributed by atoms with Crippen LogP contribution in [-0.4, -0.2) is 36.6 Å². The number of hydrogen-bond donors (Lipinski definition) is 4. The van der Waals surface area contributed by atoms with Crippen LogP contribution in [0, 0.1) is 5.92 Å². The Labute approximate surface area is 140 Å². The van der Waals surface area contributed by atoms with E-state index in [1.165, 1.54) is 19.3 Å². The third kappa shape index (κ3) is 7.20. The van der Waals surface area contributed by atoms with Crippen molar-refractivity contribution in [3.8, 4) is 0 Å². The lowest BCUT2D eigenvalue weighted by molar-refractivity contribution is -0.123. The van der Waals surface area contributed by atoms with Crippen LogP contribution >= 0.6 is 0 Å². The molecule has 5 N–H and O–H groups in total. The van der Waals surface area contributed by atoms with Gasteiger partial charge in [-0.05, 0) is 32.1 Å². The summed E-state index contributed by atoms with van der Waals surface area (Å²) in [6.07, 6.45) is 6.83. The van der Waals surface area contributed by atoms with Crippen molar-refractivity contribution in [2.45, 2.75) is 77.3 Å². The van der Waals surface area contributed by atoms with Gasteiger partial charge in [-0.3, -0.25) is 4.79 Å². The second kappa shape index (κ2) is 9.75. The van der Waals surface area contributed by atoms with Crippen molar-refractivity contribution >= 4 is 11.9 Å². The molecule has 23 heavy (non-hydrogen) atoms. The molecule has 1 aliphatic rings. The highest BCUT2D eigenvalue weighted by Crippen LogP contribution is 2.17. The summed E-state index contributed by atoms with van der Waals surface area (Å²) in [7, 11) is 0. The van der Waals surface area contributed by atoms with Gasteiger partial charge in [-0.2, -0.15) is 0 Å². The predicted molar refractivity (Wildman–Crippen MR) is 93.1 cm³/mol. The Hall–Kier alpha value is -1.30. The number of urea groups is 1. The first-order valence-electron chi connectivity index (χ1n) is 8.93. The van der Waals surface area contributed by atoms with Gasteiger partial charge in [0.15, 0.2) is 0 Å². The van der Waals surface area contributed by atoms with Crippen molar-refractivity contribution in [1.29, 1.82) is 0 Å². The number of nitrogens with two attached hydrogens (primary N) is 1. The molecule has 1 aliphatic carbocycles. The van der Waals surface area contributed by atoms with E-state index in [1.807, 2.05) is 20.8 Å². The number of hydrogen-bond acceptors (Lipinski definition) is 3. The zero-order valence-corrected chi connectivity index (χ0v) is 14.9. The second-order valence-electron chi connectivity index (χ2n) is 7.16. The average Bonchev–Trinajstić information content (AvgIpc) is 2.52. The zero-order valence-electron chi connectivity index (χ0n) is 14.9. The van der Waals surface area contributed by atoms with E-state index >= 15 is 0 Å². The fourth-order valence-electron chi connectivity index (χ4n) is 2.75. The van der Waals surface area contributed by atoms with Crippen LogP contribution in [0.1, 0.15) is 65.7 Å². The monoisotopic (exact) mass is 326 g/mol. The van der Waals surface area contributed by atoms with Gasteiger partial charge in [0.1, 0.15) is 0 Å². The lowest BCUT2D eigenvalue weighted by atomic mass is 9.88. The third-order valence-electron chi connectivity index (χ3n) is 4.93. The summed E-state index contributed by atoms with van der Waals surface area (Å²) < 4.78 is 0. The molecule has 0 heterocycles. The molecule has 0 radical (unpaired) electrons. The maximum atomic E-state index is 12.0. The summed E-state index contributed by atoms with van der Waals surface area (Å²) >= 11 is 0. The second-order valence-corrected chi connectivity index (χ2v) is 7.16. The highest BCUT2D eigenvalue weighted by molar-refractivity contribution is 5.77. The Morgan fingerprint density at radius 2 is 1.87 bits per heavy atom. The molecule has 1 unspecified atom stereocenters. The average molecular weight is 326 g/mol. The quantitative estimate of drug-likeness (QED) is 0.513. The predicted octanol–water partition coefficient (Wildman–Crippen LogP) is 1.89. The van der Waals surface area contributed by atoms with Crippen LogP contribution in [0.5, 0.6) is 0 Å². The highest BCUT2D eigenvalue weighted by Gasteiger charge is 2.28. The van der Waals surface area contributed by atoms with E-state index in [4.69, 9.17) is 5.73 Å². The van der Waals surface area contributed by atoms with Gasteiger partial charge in [0.2, 0.25) is 5.91 Å². The van der Waals surface area contributed by atoms with Crippen LogP contribution in [0.15, 0.2) is 0 Å². The highest BCUT2D eigenvalue weighted by atomic mass is 16.2. The topological polar surface area (TPSA) is 96.2 Å². The van der Waals surface area contributed by atoms with Gasteiger partial charge >= 0.3 is 6.03 Å². The maximum absolute atomic E-state index is 12.0. The van der Waals surface area contributed by atoms with Crippen LogP contribution in [-0.2, 0) is 4.79 Å². The van der Waals surface area contributed by atoms with Gasteiger partial charge in [-0.15, -0.1) is 0 Å². The molecule has 0 bridgehead atoms. The molecule has 1 saturated carbocycles. The van der Waals surface area contributed by atoms with E-state index < -0.39 is 0 Å². The summed E-state index contributed by atoms with van der Waals surface area (Å²) in [4.78, 5) is 23.8. The third-order valence-corrected chi connectivity index (χ3v) is 4.93. The minimum Gasteiger partial charge on any atom is -0.349 e. The van der Waals surface area contributed by atoms with Crippen LogP contribution < -0.4 is 21.7 Å². The molecular formula is C17H34N4O2. The minimum absolute atomic E-state index is 0.0128. The molecule has 134 valence electrons. The van der Waals surface area contributed by atoms with Gasteiger partial charge < -0.3 is 21.7 Å². The van der Waals surface area contributed by atoms with Gasteiger partial charge in [0.25, 0.3) is 0 Å². The van der Waals surface area contributed by atoms with Crippen molar-refractivity contribution in [3.05, 3.63) is 0 Å². The molecule has 6 heteroatoms. The molecular weight excluding hydrogens is 292 g/mol. The summed E-state index contributed by atoms with van der Waals surface area (Å²) in [5.41, 5.74) is 5.39. The smallest absolute Gasteiger partial charge is 0.315 e. The molecule has 0 saturated heterocycles. The number of carbonyl (C=O) groups excluding carboxylic acids is 2. The van der Waals surface area contributed by atoms with Crippen molar-refractivity contribution in [1.82, 2.24) is 16.0 Å². The number of carbonyl (C=O) groups is 2. The molecule has 0 spiro atoms. The standard InChI is InChI=1S/C17H34N4O2/c1-13(2)17(3,12-18)21-15(22)10-7-11-19-16(23)20-14-8-5-4-6-9-14/h13-14H,4-12,18H2,1-3H3,(H,21,22)(H2,19,20,23). The minimum atomic E-state index is -0.372. The Bertz CT molecular complexity index is 381. The molecule has 3 amide bonds. The molecule has 1 rings (SSSR count). The van der Waals surface area contributed by atoms with E-state index in [2.05, 4.69) is 16.0 Å². The molecule has 0 aromatic heterocycles. The normalized spacial score (nSPS) is 18.3. The van der Waals surface area contributed by atoms with E-state index in [-0.39, 0.29) is 23.4 Å². The molecule has 1 fully saturated rings. The Morgan fingerprint density at radius 1 is 1.22 bits per heavy atom. The van der Waals surface area contributed by atoms with Gasteiger partial charge in [-0.1, -0.05) is 33.1 Å².